The number of rotatable bonds is 2. The van der Waals surface area contributed by atoms with Gasteiger partial charge in [-0.15, -0.1) is 0 Å². The van der Waals surface area contributed by atoms with E-state index in [-0.39, 0.29) is 24.5 Å². The second kappa shape index (κ2) is 5.25. The van der Waals surface area contributed by atoms with Gasteiger partial charge in [-0.25, -0.2) is 0 Å². The molecule has 2 N–H and O–H groups in total. The lowest BCUT2D eigenvalue weighted by molar-refractivity contribution is -0.116. The molecule has 0 heterocycles. The van der Waals surface area contributed by atoms with Crippen molar-refractivity contribution in [3.8, 4) is 10.8 Å². The van der Waals surface area contributed by atoms with E-state index in [1.54, 1.807) is 0 Å². The maximum Gasteiger partial charge on any atom is 0.296 e. The molecule has 13 heavy (non-hydrogen) atoms. The zero-order valence-corrected chi connectivity index (χ0v) is 8.80. The maximum absolute atomic E-state index is 11.1. The topological polar surface area (TPSA) is 49.3 Å². The summed E-state index contributed by atoms with van der Waals surface area (Å²) in [6.45, 7) is 0.146. The summed E-state index contributed by atoms with van der Waals surface area (Å²) in [5.41, 5.74) is 0. The van der Waals surface area contributed by atoms with Gasteiger partial charge in [0, 0.05) is 40.4 Å². The fraction of sp³-hybridized carbons (Fsp3) is 0.667. The van der Waals surface area contributed by atoms with E-state index >= 15 is 0 Å². The Morgan fingerprint density at radius 3 is 3.00 bits per heavy atom. The predicted molar refractivity (Wildman–Crippen MR) is 53.1 cm³/mol. The van der Waals surface area contributed by atoms with Crippen LogP contribution >= 0.6 is 15.9 Å². The summed E-state index contributed by atoms with van der Waals surface area (Å²) in [5.74, 6) is 2.29. The van der Waals surface area contributed by atoms with Gasteiger partial charge in [0.05, 0.1) is 0 Å². The van der Waals surface area contributed by atoms with Crippen LogP contribution in [0.5, 0.6) is 0 Å². The van der Waals surface area contributed by atoms with Gasteiger partial charge < -0.3 is 10.4 Å². The second-order valence-corrected chi connectivity index (χ2v) is 3.57. The maximum atomic E-state index is 11.1. The van der Waals surface area contributed by atoms with Crippen molar-refractivity contribution >= 4 is 21.8 Å². The molecule has 0 saturated heterocycles. The molecule has 2 atom stereocenters. The standard InChI is InChI=1S/C9H12BrNO2/c10-5-4-9(13)11-8-3-1-2-7(8)6-12/h7-8,12H,1-3,6H2,(H,11,13)/t7-,8-/m0/s1. The van der Waals surface area contributed by atoms with Crippen molar-refractivity contribution in [2.75, 3.05) is 6.61 Å². The molecule has 1 saturated carbocycles. The van der Waals surface area contributed by atoms with E-state index < -0.39 is 0 Å². The zero-order chi connectivity index (χ0) is 9.68. The fourth-order valence-corrected chi connectivity index (χ4v) is 1.87. The summed E-state index contributed by atoms with van der Waals surface area (Å²) >= 11 is 2.86. The van der Waals surface area contributed by atoms with Crippen LogP contribution in [0.3, 0.4) is 0 Å². The van der Waals surface area contributed by atoms with Crippen LogP contribution in [0.2, 0.25) is 0 Å². The minimum atomic E-state index is -0.276. The van der Waals surface area contributed by atoms with Crippen LogP contribution in [0.4, 0.5) is 0 Å². The number of aliphatic hydroxyl groups excluding tert-OH is 1. The van der Waals surface area contributed by atoms with Gasteiger partial charge in [0.25, 0.3) is 5.91 Å². The van der Waals surface area contributed by atoms with Gasteiger partial charge in [0.15, 0.2) is 0 Å². The average molecular weight is 246 g/mol. The lowest BCUT2D eigenvalue weighted by Gasteiger charge is -2.16. The van der Waals surface area contributed by atoms with Crippen LogP contribution in [0.15, 0.2) is 0 Å². The number of carbonyl (C=O) groups is 1. The van der Waals surface area contributed by atoms with E-state index in [1.807, 2.05) is 0 Å². The molecule has 0 radical (unpaired) electrons. The first-order chi connectivity index (χ1) is 6.27. The zero-order valence-electron chi connectivity index (χ0n) is 7.22. The average Bonchev–Trinajstić information content (AvgIpc) is 2.52. The largest absolute Gasteiger partial charge is 0.396 e. The Labute approximate surface area is 86.0 Å². The van der Waals surface area contributed by atoms with Crippen molar-refractivity contribution in [1.29, 1.82) is 0 Å². The molecule has 0 bridgehead atoms. The second-order valence-electron chi connectivity index (χ2n) is 3.17. The molecule has 1 amide bonds. The Balaban J connectivity index is 2.42. The lowest BCUT2D eigenvalue weighted by atomic mass is 10.1. The molecule has 1 aliphatic carbocycles. The predicted octanol–water partition coefficient (Wildman–Crippen LogP) is 0.619. The Morgan fingerprint density at radius 1 is 1.62 bits per heavy atom. The smallest absolute Gasteiger partial charge is 0.296 e. The van der Waals surface area contributed by atoms with Crippen molar-refractivity contribution < 1.29 is 9.90 Å². The highest BCUT2D eigenvalue weighted by Gasteiger charge is 2.27. The summed E-state index contributed by atoms with van der Waals surface area (Å²) in [5, 5.41) is 11.8. The Kier molecular flexibility index (Phi) is 4.26. The van der Waals surface area contributed by atoms with Crippen LogP contribution in [0, 0.1) is 16.7 Å². The monoisotopic (exact) mass is 245 g/mol. The number of hydrogen-bond donors (Lipinski definition) is 2. The number of carbonyl (C=O) groups excluding carboxylic acids is 1. The van der Waals surface area contributed by atoms with E-state index in [4.69, 9.17) is 5.11 Å². The lowest BCUT2D eigenvalue weighted by Crippen LogP contribution is -2.37. The van der Waals surface area contributed by atoms with Gasteiger partial charge in [-0.05, 0) is 17.7 Å². The first kappa shape index (κ1) is 10.6. The fourth-order valence-electron chi connectivity index (χ4n) is 1.69. The van der Waals surface area contributed by atoms with Gasteiger partial charge in [0.2, 0.25) is 0 Å². The van der Waals surface area contributed by atoms with Crippen molar-refractivity contribution in [3.05, 3.63) is 0 Å². The molecule has 0 spiro atoms. The van der Waals surface area contributed by atoms with E-state index in [1.165, 1.54) is 0 Å². The number of nitrogens with one attached hydrogen (secondary N) is 1. The molecule has 0 aromatic heterocycles. The normalized spacial score (nSPS) is 26.3. The van der Waals surface area contributed by atoms with Crippen LogP contribution in [0.1, 0.15) is 19.3 Å². The third kappa shape index (κ3) is 3.02. The Bertz CT molecular complexity index is 244. The molecule has 1 rings (SSSR count). The van der Waals surface area contributed by atoms with Gasteiger partial charge in [-0.1, -0.05) is 6.42 Å². The molecule has 72 valence electrons. The van der Waals surface area contributed by atoms with Gasteiger partial charge in [-0.3, -0.25) is 4.79 Å². The minimum absolute atomic E-state index is 0.103. The van der Waals surface area contributed by atoms with Crippen molar-refractivity contribution in [1.82, 2.24) is 5.32 Å². The van der Waals surface area contributed by atoms with Crippen LogP contribution < -0.4 is 5.32 Å². The van der Waals surface area contributed by atoms with E-state index in [2.05, 4.69) is 32.0 Å². The summed E-state index contributed by atoms with van der Waals surface area (Å²) in [6, 6.07) is 0.103. The summed E-state index contributed by atoms with van der Waals surface area (Å²) in [7, 11) is 0. The van der Waals surface area contributed by atoms with E-state index in [0.29, 0.717) is 0 Å². The quantitative estimate of drug-likeness (QED) is 0.702. The number of hydrogen-bond acceptors (Lipinski definition) is 2. The molecule has 3 nitrogen and oxygen atoms in total. The van der Waals surface area contributed by atoms with Crippen LogP contribution in [0.25, 0.3) is 0 Å². The highest BCUT2D eigenvalue weighted by Crippen LogP contribution is 2.24. The first-order valence-corrected chi connectivity index (χ1v) is 5.10. The Morgan fingerprint density at radius 2 is 2.38 bits per heavy atom. The summed E-state index contributed by atoms with van der Waals surface area (Å²) in [4.78, 5) is 13.4. The van der Waals surface area contributed by atoms with Crippen molar-refractivity contribution in [3.63, 3.8) is 0 Å². The third-order valence-electron chi connectivity index (χ3n) is 2.37. The van der Waals surface area contributed by atoms with Gasteiger partial charge in [-0.2, -0.15) is 0 Å². The molecule has 0 aliphatic heterocycles. The van der Waals surface area contributed by atoms with Crippen molar-refractivity contribution in [2.24, 2.45) is 5.92 Å². The molecular formula is C9H12BrNO2. The molecule has 0 unspecified atom stereocenters. The molecule has 1 aliphatic rings. The highest BCUT2D eigenvalue weighted by molar-refractivity contribution is 9.12. The molecular weight excluding hydrogens is 234 g/mol. The van der Waals surface area contributed by atoms with E-state index in [0.717, 1.165) is 19.3 Å². The number of halogens is 1. The molecule has 0 aromatic carbocycles. The SMILES string of the molecule is O=C(C#CBr)N[C@H]1CCC[C@H]1CO. The van der Waals surface area contributed by atoms with Gasteiger partial charge >= 0.3 is 0 Å². The number of amides is 1. The third-order valence-corrected chi connectivity index (χ3v) is 2.57. The van der Waals surface area contributed by atoms with Crippen LogP contribution in [-0.4, -0.2) is 23.7 Å². The summed E-state index contributed by atoms with van der Waals surface area (Å²) < 4.78 is 0. The van der Waals surface area contributed by atoms with E-state index in [9.17, 15) is 4.79 Å². The highest BCUT2D eigenvalue weighted by atomic mass is 79.9. The minimum Gasteiger partial charge on any atom is -0.396 e. The van der Waals surface area contributed by atoms with Gasteiger partial charge in [0.1, 0.15) is 0 Å². The first-order valence-electron chi connectivity index (χ1n) is 4.31. The Hall–Kier alpha value is -0.530. The molecule has 0 aromatic rings. The van der Waals surface area contributed by atoms with Crippen LogP contribution in [-0.2, 0) is 4.79 Å². The summed E-state index contributed by atoms with van der Waals surface area (Å²) in [6.07, 6.45) is 3.00. The number of aliphatic hydroxyl groups is 1. The molecule has 4 heteroatoms. The van der Waals surface area contributed by atoms with Crippen molar-refractivity contribution in [2.45, 2.75) is 25.3 Å². The molecule has 1 fully saturated rings.